The number of benzene rings is 10. The second-order valence-electron chi connectivity index (χ2n) is 18.6. The number of hydrogen-bond donors (Lipinski definition) is 0. The van der Waals surface area contributed by atoms with Gasteiger partial charge in [0, 0.05) is 60.4 Å². The molecule has 0 atom stereocenters. The van der Waals surface area contributed by atoms with Crippen LogP contribution in [0, 0.1) is 0 Å². The van der Waals surface area contributed by atoms with Crippen LogP contribution in [0.2, 0.25) is 0 Å². The predicted octanol–water partition coefficient (Wildman–Crippen LogP) is 12.4. The monoisotopic (exact) mass is 833 g/mol. The molecular formula is C60H33B2N3O. The van der Waals surface area contributed by atoms with Crippen molar-refractivity contribution in [2.45, 2.75) is 0 Å². The van der Waals surface area contributed by atoms with Crippen molar-refractivity contribution in [1.82, 2.24) is 8.96 Å². The number of anilines is 3. The smallest absolute Gasteiger partial charge is 0.330 e. The van der Waals surface area contributed by atoms with Gasteiger partial charge in [0.25, 0.3) is 0 Å². The molecule has 0 spiro atoms. The Kier molecular flexibility index (Phi) is 6.08. The summed E-state index contributed by atoms with van der Waals surface area (Å²) in [6.45, 7) is 0.0962. The zero-order valence-corrected chi connectivity index (χ0v) is 35.5. The Morgan fingerprint density at radius 1 is 0.348 bits per heavy atom. The normalized spacial score (nSPS) is 13.8. The van der Waals surface area contributed by atoms with Crippen LogP contribution in [-0.2, 0) is 0 Å². The Hall–Kier alpha value is -8.47. The minimum absolute atomic E-state index is 0.00413. The van der Waals surface area contributed by atoms with Crippen molar-refractivity contribution in [3.05, 3.63) is 200 Å². The van der Waals surface area contributed by atoms with Crippen LogP contribution >= 0.6 is 0 Å². The van der Waals surface area contributed by atoms with E-state index in [-0.39, 0.29) is 13.7 Å². The Labute approximate surface area is 380 Å². The van der Waals surface area contributed by atoms with E-state index >= 15 is 0 Å². The molecule has 0 bridgehead atoms. The number of ether oxygens (including phenoxy) is 1. The first-order valence-electron chi connectivity index (χ1n) is 23.1. The number of nitrogens with zero attached hydrogens (tertiary/aromatic N) is 3. The van der Waals surface area contributed by atoms with Crippen LogP contribution in [0.25, 0.3) is 99.2 Å². The third-order valence-corrected chi connectivity index (χ3v) is 15.7. The van der Waals surface area contributed by atoms with Crippen molar-refractivity contribution >= 4 is 96.2 Å². The molecule has 17 rings (SSSR count). The van der Waals surface area contributed by atoms with Gasteiger partial charge in [0.05, 0.1) is 11.4 Å². The van der Waals surface area contributed by atoms with Crippen LogP contribution < -0.4 is 31.5 Å². The molecule has 300 valence electrons. The fourth-order valence-corrected chi connectivity index (χ4v) is 13.3. The van der Waals surface area contributed by atoms with E-state index in [4.69, 9.17) is 4.74 Å². The molecule has 0 unspecified atom stereocenters. The molecule has 6 heteroatoms. The van der Waals surface area contributed by atoms with Crippen LogP contribution in [0.15, 0.2) is 200 Å². The number of fused-ring (bicyclic) bond motifs is 18. The van der Waals surface area contributed by atoms with E-state index in [1.54, 1.807) is 0 Å². The van der Waals surface area contributed by atoms with Gasteiger partial charge in [-0.1, -0.05) is 146 Å². The standard InChI is InChI=1S/C60H33B2N3O/c1-2-13-35(14-3-1)63-52-27-6-7-28-54(52)66-55-32-46-40-19-8-17-38-42-22-11-23-44-47-31-34(29-30-51(47)65(60(42)44)62(57(38)40)49(46)33-53(55)63)36-16-12-25-48-56(36)45-24-9-18-39-43-21-10-20-41-37-15-4-5-26-50(37)64(59(41)43)61(48)58(39)45/h1-33H. The summed E-state index contributed by atoms with van der Waals surface area (Å²) in [5.41, 5.74) is 26.9. The van der Waals surface area contributed by atoms with Crippen LogP contribution in [0.3, 0.4) is 0 Å². The first kappa shape index (κ1) is 34.0. The molecule has 0 amide bonds. The number of rotatable bonds is 2. The van der Waals surface area contributed by atoms with E-state index < -0.39 is 0 Å². The summed E-state index contributed by atoms with van der Waals surface area (Å²) in [4.78, 5) is 2.37. The third-order valence-electron chi connectivity index (χ3n) is 15.7. The van der Waals surface area contributed by atoms with E-state index in [1.165, 1.54) is 121 Å². The van der Waals surface area contributed by atoms with Crippen molar-refractivity contribution < 1.29 is 4.74 Å². The van der Waals surface area contributed by atoms with E-state index in [1.807, 2.05) is 0 Å². The first-order chi connectivity index (χ1) is 32.8. The highest BCUT2D eigenvalue weighted by Crippen LogP contribution is 2.53. The average molecular weight is 834 g/mol. The fourth-order valence-electron chi connectivity index (χ4n) is 13.3. The van der Waals surface area contributed by atoms with E-state index in [0.717, 1.165) is 28.6 Å². The Bertz CT molecular complexity index is 4240. The summed E-state index contributed by atoms with van der Waals surface area (Å²) in [5, 5.41) is 5.22. The lowest BCUT2D eigenvalue weighted by atomic mass is 9.50. The second-order valence-corrected chi connectivity index (χ2v) is 18.6. The topological polar surface area (TPSA) is 22.3 Å². The Morgan fingerprint density at radius 3 is 1.76 bits per heavy atom. The maximum absolute atomic E-state index is 6.79. The van der Waals surface area contributed by atoms with Crippen LogP contribution in [0.5, 0.6) is 11.5 Å². The van der Waals surface area contributed by atoms with Crippen molar-refractivity contribution in [2.24, 2.45) is 0 Å². The molecule has 66 heavy (non-hydrogen) atoms. The molecule has 12 aromatic rings. The molecule has 0 aliphatic carbocycles. The highest BCUT2D eigenvalue weighted by Gasteiger charge is 2.45. The zero-order valence-electron chi connectivity index (χ0n) is 35.5. The van der Waals surface area contributed by atoms with Crippen molar-refractivity contribution in [3.63, 3.8) is 0 Å². The van der Waals surface area contributed by atoms with Crippen LogP contribution in [-0.4, -0.2) is 22.7 Å². The molecule has 5 aliphatic rings. The molecular weight excluding hydrogens is 800 g/mol. The maximum Gasteiger partial charge on any atom is 0.330 e. The highest BCUT2D eigenvalue weighted by molar-refractivity contribution is 6.92. The average Bonchev–Trinajstić information content (AvgIpc) is 4.10. The first-order valence-corrected chi connectivity index (χ1v) is 23.1. The fraction of sp³-hybridized carbons (Fsp3) is 0. The molecule has 0 saturated heterocycles. The van der Waals surface area contributed by atoms with Crippen molar-refractivity contribution in [1.29, 1.82) is 0 Å². The molecule has 2 aromatic heterocycles. The highest BCUT2D eigenvalue weighted by atomic mass is 16.5. The van der Waals surface area contributed by atoms with Gasteiger partial charge in [0.2, 0.25) is 0 Å². The van der Waals surface area contributed by atoms with Gasteiger partial charge in [0.15, 0.2) is 11.5 Å². The van der Waals surface area contributed by atoms with Gasteiger partial charge in [-0.05, 0) is 121 Å². The molecule has 0 N–H and O–H groups in total. The number of para-hydroxylation sites is 6. The third kappa shape index (κ3) is 3.95. The predicted molar refractivity (Wildman–Crippen MR) is 275 cm³/mol. The lowest BCUT2D eigenvalue weighted by Crippen LogP contribution is -2.48. The van der Waals surface area contributed by atoms with Gasteiger partial charge >= 0.3 is 13.7 Å². The van der Waals surface area contributed by atoms with Gasteiger partial charge in [-0.2, -0.15) is 0 Å². The van der Waals surface area contributed by atoms with Gasteiger partial charge < -0.3 is 18.6 Å². The Morgan fingerprint density at radius 2 is 0.939 bits per heavy atom. The minimum atomic E-state index is -0.00413. The molecule has 0 radical (unpaired) electrons. The summed E-state index contributed by atoms with van der Waals surface area (Å²) >= 11 is 0. The van der Waals surface area contributed by atoms with E-state index in [0.29, 0.717) is 0 Å². The molecule has 10 aromatic carbocycles. The lowest BCUT2D eigenvalue weighted by molar-refractivity contribution is 0.477. The summed E-state index contributed by atoms with van der Waals surface area (Å²) in [6.07, 6.45) is 0. The van der Waals surface area contributed by atoms with Gasteiger partial charge in [-0.25, -0.2) is 0 Å². The van der Waals surface area contributed by atoms with Gasteiger partial charge in [0.1, 0.15) is 0 Å². The minimum Gasteiger partial charge on any atom is -0.453 e. The molecule has 7 heterocycles. The molecule has 0 saturated carbocycles. The largest absolute Gasteiger partial charge is 0.453 e. The summed E-state index contributed by atoms with van der Waals surface area (Å²) in [6, 6.07) is 74.8. The Balaban J connectivity index is 0.888. The summed E-state index contributed by atoms with van der Waals surface area (Å²) in [7, 11) is 0. The lowest BCUT2D eigenvalue weighted by Gasteiger charge is -2.33. The summed E-state index contributed by atoms with van der Waals surface area (Å²) < 4.78 is 12.1. The number of hydrogen-bond acceptors (Lipinski definition) is 2. The van der Waals surface area contributed by atoms with E-state index in [2.05, 4.69) is 214 Å². The SMILES string of the molecule is c1ccc(N2c3ccccc3Oc3cc4c(cc32)B2c3c-4cccc3-c3cccc4c5cc(-c6cccc7c6-c6cccc8c6B7n6c7ccccc7c7cccc-8c76)ccc5n2c34)cc1. The van der Waals surface area contributed by atoms with Crippen LogP contribution in [0.1, 0.15) is 0 Å². The van der Waals surface area contributed by atoms with Crippen molar-refractivity contribution in [2.75, 3.05) is 4.90 Å². The molecule has 0 fully saturated rings. The van der Waals surface area contributed by atoms with E-state index in [9.17, 15) is 0 Å². The molecule has 4 nitrogen and oxygen atoms in total. The summed E-state index contributed by atoms with van der Waals surface area (Å²) in [5.74, 6) is 1.73. The molecule has 5 aliphatic heterocycles. The maximum atomic E-state index is 6.79. The zero-order chi connectivity index (χ0) is 42.5. The van der Waals surface area contributed by atoms with Gasteiger partial charge in [-0.15, -0.1) is 0 Å². The van der Waals surface area contributed by atoms with Crippen molar-refractivity contribution in [3.8, 4) is 67.1 Å². The van der Waals surface area contributed by atoms with Gasteiger partial charge in [-0.3, -0.25) is 0 Å². The second kappa shape index (κ2) is 11.8. The quantitative estimate of drug-likeness (QED) is 0.162. The van der Waals surface area contributed by atoms with Crippen LogP contribution in [0.4, 0.5) is 17.1 Å². The number of aromatic nitrogens is 2.